The van der Waals surface area contributed by atoms with E-state index in [9.17, 15) is 8.42 Å². The van der Waals surface area contributed by atoms with Gasteiger partial charge in [-0.2, -0.15) is 5.26 Å². The van der Waals surface area contributed by atoms with Crippen LogP contribution in [0.3, 0.4) is 0 Å². The number of sulfonamides is 1. The van der Waals surface area contributed by atoms with Crippen LogP contribution in [0.1, 0.15) is 11.1 Å². The van der Waals surface area contributed by atoms with Gasteiger partial charge in [-0.1, -0.05) is 12.1 Å². The summed E-state index contributed by atoms with van der Waals surface area (Å²) in [5.41, 5.74) is 6.89. The predicted molar refractivity (Wildman–Crippen MR) is 82.9 cm³/mol. The Morgan fingerprint density at radius 3 is 2.68 bits per heavy atom. The number of nitriles is 1. The van der Waals surface area contributed by atoms with E-state index in [-0.39, 0.29) is 17.2 Å². The molecule has 0 spiro atoms. The fourth-order valence-corrected chi connectivity index (χ4v) is 3.19. The van der Waals surface area contributed by atoms with Gasteiger partial charge in [0.05, 0.1) is 24.4 Å². The van der Waals surface area contributed by atoms with Gasteiger partial charge >= 0.3 is 0 Å². The van der Waals surface area contributed by atoms with Gasteiger partial charge in [0.2, 0.25) is 0 Å². The number of hydrogen-bond acceptors (Lipinski definition) is 5. The average Bonchev–Trinajstić information content (AvgIpc) is 2.54. The summed E-state index contributed by atoms with van der Waals surface area (Å²) in [4.78, 5) is 0.000288. The van der Waals surface area contributed by atoms with Crippen molar-refractivity contribution in [1.82, 2.24) is 0 Å². The normalized spacial score (nSPS) is 10.8. The van der Waals surface area contributed by atoms with E-state index in [0.29, 0.717) is 16.8 Å². The largest absolute Gasteiger partial charge is 0.495 e. The number of nitrogens with two attached hydrogens (primary N) is 1. The fourth-order valence-electron chi connectivity index (χ4n) is 1.92. The molecule has 0 aromatic heterocycles. The first-order valence-corrected chi connectivity index (χ1v) is 7.88. The summed E-state index contributed by atoms with van der Waals surface area (Å²) in [7, 11) is -2.46. The lowest BCUT2D eigenvalue weighted by Gasteiger charge is -2.13. The number of rotatable bonds is 5. The van der Waals surface area contributed by atoms with E-state index in [1.165, 1.54) is 19.2 Å². The minimum atomic E-state index is -3.85. The highest BCUT2D eigenvalue weighted by atomic mass is 32.2. The van der Waals surface area contributed by atoms with Crippen molar-refractivity contribution in [3.8, 4) is 11.8 Å². The van der Waals surface area contributed by atoms with Crippen LogP contribution in [-0.4, -0.2) is 15.5 Å². The van der Waals surface area contributed by atoms with E-state index < -0.39 is 10.0 Å². The van der Waals surface area contributed by atoms with Crippen LogP contribution in [-0.2, 0) is 16.6 Å². The van der Waals surface area contributed by atoms with Crippen LogP contribution in [0.15, 0.2) is 47.4 Å². The Morgan fingerprint density at radius 2 is 2.05 bits per heavy atom. The Kier molecular flexibility index (Phi) is 4.65. The van der Waals surface area contributed by atoms with E-state index in [0.717, 1.165) is 0 Å². The molecule has 0 heterocycles. The van der Waals surface area contributed by atoms with Gasteiger partial charge in [0, 0.05) is 6.54 Å². The van der Waals surface area contributed by atoms with Gasteiger partial charge in [-0.3, -0.25) is 4.72 Å². The Hall–Kier alpha value is -2.56. The Labute approximate surface area is 129 Å². The minimum absolute atomic E-state index is 0.000288. The highest BCUT2D eigenvalue weighted by Gasteiger charge is 2.20. The summed E-state index contributed by atoms with van der Waals surface area (Å²) < 4.78 is 32.6. The van der Waals surface area contributed by atoms with Crippen molar-refractivity contribution in [2.24, 2.45) is 5.73 Å². The second-order valence-electron chi connectivity index (χ2n) is 4.49. The van der Waals surface area contributed by atoms with E-state index in [1.807, 2.05) is 6.07 Å². The van der Waals surface area contributed by atoms with Crippen molar-refractivity contribution in [3.05, 3.63) is 53.6 Å². The standard InChI is InChI=1S/C15H15N3O3S/c1-21-14-6-5-12(10-17)8-15(14)22(19,20)18-13-4-2-3-11(7-13)9-16/h2-8,18H,10,17H2,1H3. The Bertz CT molecular complexity index is 826. The molecule has 0 saturated carbocycles. The first kappa shape index (κ1) is 15.8. The summed E-state index contributed by atoms with van der Waals surface area (Å²) in [5, 5.41) is 8.87. The minimum Gasteiger partial charge on any atom is -0.495 e. The van der Waals surface area contributed by atoms with Gasteiger partial charge in [-0.15, -0.1) is 0 Å². The molecule has 0 aliphatic rings. The Morgan fingerprint density at radius 1 is 1.27 bits per heavy atom. The molecule has 114 valence electrons. The first-order chi connectivity index (χ1) is 10.5. The van der Waals surface area contributed by atoms with Crippen LogP contribution in [0.4, 0.5) is 5.69 Å². The smallest absolute Gasteiger partial charge is 0.265 e. The van der Waals surface area contributed by atoms with Crippen LogP contribution in [0.5, 0.6) is 5.75 Å². The van der Waals surface area contributed by atoms with E-state index in [4.69, 9.17) is 15.7 Å². The number of nitrogens with zero attached hydrogens (tertiary/aromatic N) is 1. The molecule has 6 nitrogen and oxygen atoms in total. The summed E-state index contributed by atoms with van der Waals surface area (Å²) in [5.74, 6) is 0.223. The van der Waals surface area contributed by atoms with Gasteiger partial charge in [-0.05, 0) is 35.9 Å². The zero-order valence-corrected chi connectivity index (χ0v) is 12.7. The molecule has 0 aliphatic heterocycles. The molecule has 0 atom stereocenters. The monoisotopic (exact) mass is 317 g/mol. The maximum atomic E-state index is 12.5. The number of hydrogen-bond donors (Lipinski definition) is 2. The van der Waals surface area contributed by atoms with E-state index in [1.54, 1.807) is 30.3 Å². The highest BCUT2D eigenvalue weighted by Crippen LogP contribution is 2.27. The van der Waals surface area contributed by atoms with Gasteiger partial charge in [0.25, 0.3) is 10.0 Å². The number of ether oxygens (including phenoxy) is 1. The van der Waals surface area contributed by atoms with Crippen LogP contribution in [0.2, 0.25) is 0 Å². The molecule has 0 aliphatic carbocycles. The molecule has 2 rings (SSSR count). The van der Waals surface area contributed by atoms with Crippen molar-refractivity contribution < 1.29 is 13.2 Å². The van der Waals surface area contributed by atoms with Crippen LogP contribution in [0, 0.1) is 11.3 Å². The lowest BCUT2D eigenvalue weighted by atomic mass is 10.2. The SMILES string of the molecule is COc1ccc(CN)cc1S(=O)(=O)Nc1cccc(C#N)c1. The zero-order valence-electron chi connectivity index (χ0n) is 11.9. The molecular formula is C15H15N3O3S. The number of benzene rings is 2. The maximum Gasteiger partial charge on any atom is 0.265 e. The van der Waals surface area contributed by atoms with Gasteiger partial charge in [0.1, 0.15) is 10.6 Å². The third-order valence-corrected chi connectivity index (χ3v) is 4.40. The first-order valence-electron chi connectivity index (χ1n) is 6.40. The van der Waals surface area contributed by atoms with Crippen LogP contribution < -0.4 is 15.2 Å². The molecule has 0 unspecified atom stereocenters. The molecule has 2 aromatic carbocycles. The zero-order chi connectivity index (χ0) is 16.2. The van der Waals surface area contributed by atoms with E-state index >= 15 is 0 Å². The molecule has 0 amide bonds. The summed E-state index contributed by atoms with van der Waals surface area (Å²) in [6, 6.07) is 12.9. The van der Waals surface area contributed by atoms with Crippen molar-refractivity contribution >= 4 is 15.7 Å². The lowest BCUT2D eigenvalue weighted by Crippen LogP contribution is -2.15. The predicted octanol–water partition coefficient (Wildman–Crippen LogP) is 1.83. The quantitative estimate of drug-likeness (QED) is 0.875. The third-order valence-electron chi connectivity index (χ3n) is 3.00. The van der Waals surface area contributed by atoms with E-state index in [2.05, 4.69) is 4.72 Å². The number of methoxy groups -OCH3 is 1. The highest BCUT2D eigenvalue weighted by molar-refractivity contribution is 7.92. The topological polar surface area (TPSA) is 105 Å². The van der Waals surface area contributed by atoms with Crippen molar-refractivity contribution in [2.45, 2.75) is 11.4 Å². The molecule has 0 bridgehead atoms. The van der Waals surface area contributed by atoms with Gasteiger partial charge in [0.15, 0.2) is 0 Å². The molecule has 7 heteroatoms. The van der Waals surface area contributed by atoms with Crippen molar-refractivity contribution in [1.29, 1.82) is 5.26 Å². The molecule has 0 saturated heterocycles. The molecule has 3 N–H and O–H groups in total. The summed E-state index contributed by atoms with van der Waals surface area (Å²) >= 11 is 0. The number of nitrogens with one attached hydrogen (secondary N) is 1. The van der Waals surface area contributed by atoms with Crippen molar-refractivity contribution in [2.75, 3.05) is 11.8 Å². The summed E-state index contributed by atoms with van der Waals surface area (Å²) in [6.07, 6.45) is 0. The summed E-state index contributed by atoms with van der Waals surface area (Å²) in [6.45, 7) is 0.219. The lowest BCUT2D eigenvalue weighted by molar-refractivity contribution is 0.402. The molecule has 0 fully saturated rings. The fraction of sp³-hybridized carbons (Fsp3) is 0.133. The molecule has 2 aromatic rings. The Balaban J connectivity index is 2.44. The van der Waals surface area contributed by atoms with Gasteiger partial charge < -0.3 is 10.5 Å². The molecular weight excluding hydrogens is 302 g/mol. The van der Waals surface area contributed by atoms with Gasteiger partial charge in [-0.25, -0.2) is 8.42 Å². The average molecular weight is 317 g/mol. The van der Waals surface area contributed by atoms with Crippen molar-refractivity contribution in [3.63, 3.8) is 0 Å². The second-order valence-corrected chi connectivity index (χ2v) is 6.14. The van der Waals surface area contributed by atoms with Crippen LogP contribution >= 0.6 is 0 Å². The van der Waals surface area contributed by atoms with Crippen LogP contribution in [0.25, 0.3) is 0 Å². The number of anilines is 1. The second kappa shape index (κ2) is 6.47. The third kappa shape index (κ3) is 3.36. The maximum absolute atomic E-state index is 12.5. The molecule has 0 radical (unpaired) electrons. The molecule has 22 heavy (non-hydrogen) atoms.